The molecule has 4 aromatic carbocycles. The van der Waals surface area contributed by atoms with E-state index in [-0.39, 0.29) is 51.2 Å². The first kappa shape index (κ1) is 27.3. The van der Waals surface area contributed by atoms with Crippen LogP contribution in [-0.4, -0.2) is 27.8 Å². The fourth-order valence-corrected chi connectivity index (χ4v) is 3.80. The molecule has 0 fully saturated rings. The summed E-state index contributed by atoms with van der Waals surface area (Å²) in [6.07, 6.45) is 0. The highest BCUT2D eigenvalue weighted by atomic mass is 16.3. The quantitative estimate of drug-likeness (QED) is 0.0509. The number of hydrazine groups is 2. The zero-order chi connectivity index (χ0) is 29.0. The van der Waals surface area contributed by atoms with Crippen LogP contribution >= 0.6 is 0 Å². The minimum atomic E-state index is -0.603. The summed E-state index contributed by atoms with van der Waals surface area (Å²) >= 11 is 0. The Bertz CT molecular complexity index is 1490. The molecule has 0 spiro atoms. The summed E-state index contributed by atoms with van der Waals surface area (Å²) in [6, 6.07) is 17.4. The average molecular weight is 543 g/mol. The molecule has 0 heterocycles. The van der Waals surface area contributed by atoms with Gasteiger partial charge in [-0.3, -0.25) is 26.1 Å². The monoisotopic (exact) mass is 542 g/mol. The molecule has 0 bridgehead atoms. The molecule has 0 atom stereocenters. The molecule has 0 aromatic heterocycles. The number of nitrogens with two attached hydrogens (primary N) is 4. The van der Waals surface area contributed by atoms with Crippen LogP contribution in [0.2, 0.25) is 0 Å². The SMILES string of the molecule is NNc1cc(C(=O)Nc2ccc(C(=O)c3ccc(NC(=O)c4cc(NN)c(N)cc4O)cc3)cc2)c(O)cc1N. The van der Waals surface area contributed by atoms with E-state index in [9.17, 15) is 24.6 Å². The van der Waals surface area contributed by atoms with Gasteiger partial charge in [0.25, 0.3) is 11.8 Å². The van der Waals surface area contributed by atoms with E-state index in [1.54, 1.807) is 24.3 Å². The number of carbonyl (C=O) groups is 3. The molecule has 0 aliphatic rings. The predicted octanol–water partition coefficient (Wildman–Crippen LogP) is 2.57. The first-order chi connectivity index (χ1) is 19.1. The van der Waals surface area contributed by atoms with Gasteiger partial charge in [-0.2, -0.15) is 0 Å². The predicted molar refractivity (Wildman–Crippen MR) is 153 cm³/mol. The maximum Gasteiger partial charge on any atom is 0.259 e. The maximum absolute atomic E-state index is 12.9. The highest BCUT2D eigenvalue weighted by Crippen LogP contribution is 2.30. The van der Waals surface area contributed by atoms with Crippen LogP contribution in [0.5, 0.6) is 11.5 Å². The van der Waals surface area contributed by atoms with Gasteiger partial charge in [0.05, 0.1) is 33.9 Å². The van der Waals surface area contributed by atoms with Crippen molar-refractivity contribution in [3.8, 4) is 11.5 Å². The normalized spacial score (nSPS) is 10.4. The van der Waals surface area contributed by atoms with Crippen LogP contribution in [0.4, 0.5) is 34.1 Å². The molecule has 0 aliphatic carbocycles. The Morgan fingerprint density at radius 3 is 1.25 bits per heavy atom. The first-order valence-electron chi connectivity index (χ1n) is 11.7. The molecule has 0 unspecified atom stereocenters. The molecule has 40 heavy (non-hydrogen) atoms. The number of hydrogen-bond donors (Lipinski definition) is 10. The van der Waals surface area contributed by atoms with Crippen molar-refractivity contribution in [2.45, 2.75) is 0 Å². The number of phenols is 2. The zero-order valence-corrected chi connectivity index (χ0v) is 20.9. The summed E-state index contributed by atoms with van der Waals surface area (Å²) in [7, 11) is 0. The van der Waals surface area contributed by atoms with E-state index in [1.165, 1.54) is 48.5 Å². The number of nitrogens with one attached hydrogen (secondary N) is 4. The van der Waals surface area contributed by atoms with E-state index in [2.05, 4.69) is 21.5 Å². The van der Waals surface area contributed by atoms with E-state index in [4.69, 9.17) is 23.2 Å². The summed E-state index contributed by atoms with van der Waals surface area (Å²) in [5, 5.41) is 25.4. The van der Waals surface area contributed by atoms with Crippen molar-refractivity contribution in [3.05, 3.63) is 95.1 Å². The lowest BCUT2D eigenvalue weighted by Gasteiger charge is -2.12. The third-order valence-corrected chi connectivity index (χ3v) is 5.95. The Morgan fingerprint density at radius 1 is 0.575 bits per heavy atom. The van der Waals surface area contributed by atoms with Crippen molar-refractivity contribution < 1.29 is 24.6 Å². The second-order valence-corrected chi connectivity index (χ2v) is 8.59. The number of hydrogen-bond acceptors (Lipinski definition) is 11. The van der Waals surface area contributed by atoms with E-state index >= 15 is 0 Å². The van der Waals surface area contributed by atoms with Crippen LogP contribution in [0, 0.1) is 0 Å². The summed E-state index contributed by atoms with van der Waals surface area (Å²) in [4.78, 5) is 38.2. The average Bonchev–Trinajstić information content (AvgIpc) is 2.93. The number of amides is 2. The second kappa shape index (κ2) is 11.3. The number of nitrogen functional groups attached to an aromatic ring is 4. The highest BCUT2D eigenvalue weighted by molar-refractivity contribution is 6.11. The van der Waals surface area contributed by atoms with Gasteiger partial charge in [0.15, 0.2) is 5.78 Å². The van der Waals surface area contributed by atoms with Crippen molar-refractivity contribution in [1.29, 1.82) is 0 Å². The van der Waals surface area contributed by atoms with Crippen LogP contribution in [0.25, 0.3) is 0 Å². The molecular formula is C27H26N8O5. The molecule has 0 saturated carbocycles. The number of benzene rings is 4. The van der Waals surface area contributed by atoms with Crippen LogP contribution < -0.4 is 44.6 Å². The van der Waals surface area contributed by atoms with E-state index in [0.717, 1.165) is 0 Å². The van der Waals surface area contributed by atoms with Gasteiger partial charge in [-0.25, -0.2) is 0 Å². The van der Waals surface area contributed by atoms with E-state index < -0.39 is 11.8 Å². The minimum Gasteiger partial charge on any atom is -0.507 e. The molecule has 4 aromatic rings. The Hall–Kier alpha value is -5.79. The number of phenolic OH excluding ortho intramolecular Hbond substituents is 2. The maximum atomic E-state index is 12.9. The third-order valence-electron chi connectivity index (χ3n) is 5.95. The summed E-state index contributed by atoms with van der Waals surface area (Å²) < 4.78 is 0. The lowest BCUT2D eigenvalue weighted by molar-refractivity contribution is 0.101. The number of anilines is 6. The van der Waals surface area contributed by atoms with Gasteiger partial charge in [0, 0.05) is 34.6 Å². The molecule has 2 amide bonds. The molecule has 0 aliphatic heterocycles. The molecule has 204 valence electrons. The van der Waals surface area contributed by atoms with Crippen LogP contribution in [0.3, 0.4) is 0 Å². The third kappa shape index (κ3) is 5.70. The number of ketones is 1. The Kier molecular flexibility index (Phi) is 7.70. The van der Waals surface area contributed by atoms with E-state index in [0.29, 0.717) is 22.5 Å². The van der Waals surface area contributed by atoms with Crippen LogP contribution in [0.15, 0.2) is 72.8 Å². The van der Waals surface area contributed by atoms with Gasteiger partial charge in [-0.05, 0) is 60.7 Å². The Labute approximate surface area is 227 Å². The number of rotatable bonds is 8. The summed E-state index contributed by atoms with van der Waals surface area (Å²) in [5.74, 6) is 8.62. The molecule has 13 nitrogen and oxygen atoms in total. The van der Waals surface area contributed by atoms with Gasteiger partial charge in [-0.1, -0.05) is 0 Å². The largest absolute Gasteiger partial charge is 0.507 e. The van der Waals surface area contributed by atoms with Gasteiger partial charge in [0.1, 0.15) is 11.5 Å². The molecule has 0 radical (unpaired) electrons. The van der Waals surface area contributed by atoms with E-state index in [1.807, 2.05) is 0 Å². The molecule has 0 saturated heterocycles. The lowest BCUT2D eigenvalue weighted by atomic mass is 10.0. The molecule has 13 heteroatoms. The summed E-state index contributed by atoms with van der Waals surface area (Å²) in [5.41, 5.74) is 18.4. The second-order valence-electron chi connectivity index (χ2n) is 8.59. The number of aromatic hydroxyl groups is 2. The van der Waals surface area contributed by atoms with Gasteiger partial charge in [-0.15, -0.1) is 0 Å². The molecular weight excluding hydrogens is 516 g/mol. The van der Waals surface area contributed by atoms with Crippen LogP contribution in [-0.2, 0) is 0 Å². The fourth-order valence-electron chi connectivity index (χ4n) is 3.80. The minimum absolute atomic E-state index is 0.0439. The molecule has 14 N–H and O–H groups in total. The van der Waals surface area contributed by atoms with Crippen molar-refractivity contribution in [2.24, 2.45) is 11.7 Å². The van der Waals surface area contributed by atoms with Gasteiger partial charge < -0.3 is 43.2 Å². The van der Waals surface area contributed by atoms with Crippen molar-refractivity contribution in [1.82, 2.24) is 0 Å². The van der Waals surface area contributed by atoms with Crippen molar-refractivity contribution >= 4 is 51.7 Å². The lowest BCUT2D eigenvalue weighted by Crippen LogP contribution is -2.15. The fraction of sp³-hybridized carbons (Fsp3) is 0. The van der Waals surface area contributed by atoms with Crippen molar-refractivity contribution in [2.75, 3.05) is 33.0 Å². The zero-order valence-electron chi connectivity index (χ0n) is 20.9. The standard InChI is InChI=1S/C27H26N8O5/c28-19-11-23(36)17(9-21(19)34-30)26(39)32-15-5-1-13(2-6-15)25(38)14-3-7-16(8-4-14)33-27(40)18-10-22(35-31)20(29)12-24(18)37/h1-12,34-37H,28-31H2,(H,32,39)(H,33,40). The topological polar surface area (TPSA) is 244 Å². The Balaban J connectivity index is 1.42. The van der Waals surface area contributed by atoms with Gasteiger partial charge in [0.2, 0.25) is 0 Å². The first-order valence-corrected chi connectivity index (χ1v) is 11.7. The Morgan fingerprint density at radius 2 is 0.925 bits per heavy atom. The molecule has 4 rings (SSSR count). The smallest absolute Gasteiger partial charge is 0.259 e. The van der Waals surface area contributed by atoms with Gasteiger partial charge >= 0.3 is 0 Å². The van der Waals surface area contributed by atoms with Crippen LogP contribution in [0.1, 0.15) is 36.6 Å². The van der Waals surface area contributed by atoms with Crippen molar-refractivity contribution in [3.63, 3.8) is 0 Å². The highest BCUT2D eigenvalue weighted by Gasteiger charge is 2.17. The summed E-state index contributed by atoms with van der Waals surface area (Å²) in [6.45, 7) is 0. The number of carbonyl (C=O) groups excluding carboxylic acids is 3.